The molecule has 3 aromatic rings. The highest BCUT2D eigenvalue weighted by Crippen LogP contribution is 2.24. The molecule has 2 aliphatic heterocycles. The van der Waals surface area contributed by atoms with Gasteiger partial charge in [-0.05, 0) is 35.4 Å². The molecule has 12 heteroatoms. The van der Waals surface area contributed by atoms with E-state index in [1.54, 1.807) is 24.3 Å². The Bertz CT molecular complexity index is 1340. The molecule has 0 aliphatic carbocycles. The van der Waals surface area contributed by atoms with Gasteiger partial charge in [-0.3, -0.25) is 19.4 Å². The highest BCUT2D eigenvalue weighted by Gasteiger charge is 2.41. The Balaban J connectivity index is 1.14. The van der Waals surface area contributed by atoms with E-state index in [9.17, 15) is 29.4 Å². The van der Waals surface area contributed by atoms with Crippen LogP contribution in [0.1, 0.15) is 24.0 Å². The number of amides is 4. The van der Waals surface area contributed by atoms with E-state index in [4.69, 9.17) is 9.47 Å². The number of carbonyl (C=O) groups is 4. The minimum atomic E-state index is -0.922. The lowest BCUT2D eigenvalue weighted by Gasteiger charge is -2.23. The summed E-state index contributed by atoms with van der Waals surface area (Å²) in [4.78, 5) is 53.9. The second-order valence-corrected chi connectivity index (χ2v) is 10.8. The SMILES string of the molecule is O=C(Nc1ccc(NC(=O)[C@@H]2C[C@@H](O)CN2C(=O)OCc2ccccc2)cc1)[C@@H]1C[C@@H](O)CN1C(=O)OCc1ccccc1. The highest BCUT2D eigenvalue weighted by molar-refractivity contribution is 5.99. The van der Waals surface area contributed by atoms with Gasteiger partial charge in [0.2, 0.25) is 11.8 Å². The molecule has 0 unspecified atom stereocenters. The number of nitrogens with one attached hydrogen (secondary N) is 2. The van der Waals surface area contributed by atoms with Crippen LogP contribution < -0.4 is 10.6 Å². The average Bonchev–Trinajstić information content (AvgIpc) is 3.63. The van der Waals surface area contributed by atoms with Crippen LogP contribution in [0.15, 0.2) is 84.9 Å². The van der Waals surface area contributed by atoms with Gasteiger partial charge in [-0.1, -0.05) is 60.7 Å². The minimum Gasteiger partial charge on any atom is -0.445 e. The fourth-order valence-corrected chi connectivity index (χ4v) is 5.22. The van der Waals surface area contributed by atoms with Gasteiger partial charge in [0.25, 0.3) is 0 Å². The largest absolute Gasteiger partial charge is 0.445 e. The van der Waals surface area contributed by atoms with Gasteiger partial charge in [0.15, 0.2) is 0 Å². The summed E-state index contributed by atoms with van der Waals surface area (Å²) in [6.45, 7) is 0.0349. The number of aliphatic hydroxyl groups is 2. The zero-order valence-corrected chi connectivity index (χ0v) is 23.9. The third kappa shape index (κ3) is 7.71. The lowest BCUT2D eigenvalue weighted by Crippen LogP contribution is -2.43. The summed E-state index contributed by atoms with van der Waals surface area (Å²) in [7, 11) is 0. The summed E-state index contributed by atoms with van der Waals surface area (Å²) in [6, 6.07) is 22.7. The van der Waals surface area contributed by atoms with Crippen LogP contribution in [-0.4, -0.2) is 81.4 Å². The zero-order valence-electron chi connectivity index (χ0n) is 23.9. The average molecular weight is 603 g/mol. The summed E-state index contributed by atoms with van der Waals surface area (Å²) in [6.07, 6.45) is -2.98. The Morgan fingerprint density at radius 3 is 1.34 bits per heavy atom. The van der Waals surface area contributed by atoms with Crippen LogP contribution in [0.2, 0.25) is 0 Å². The monoisotopic (exact) mass is 602 g/mol. The van der Waals surface area contributed by atoms with Crippen LogP contribution in [0, 0.1) is 0 Å². The van der Waals surface area contributed by atoms with Crippen molar-refractivity contribution in [2.75, 3.05) is 23.7 Å². The van der Waals surface area contributed by atoms with E-state index in [0.29, 0.717) is 11.4 Å². The van der Waals surface area contributed by atoms with Crippen LogP contribution in [0.4, 0.5) is 21.0 Å². The number of hydrogen-bond donors (Lipinski definition) is 4. The second kappa shape index (κ2) is 14.0. The van der Waals surface area contributed by atoms with E-state index in [2.05, 4.69) is 10.6 Å². The van der Waals surface area contributed by atoms with Crippen molar-refractivity contribution in [1.82, 2.24) is 9.80 Å². The Morgan fingerprint density at radius 2 is 0.977 bits per heavy atom. The van der Waals surface area contributed by atoms with Crippen molar-refractivity contribution >= 4 is 35.4 Å². The lowest BCUT2D eigenvalue weighted by molar-refractivity contribution is -0.120. The number of β-amino-alcohol motifs (C(OH)–C–C–N with tert-alkyl or cyclic N) is 2. The third-order valence-corrected chi connectivity index (χ3v) is 7.46. The standard InChI is InChI=1S/C32H34N4O8/c37-25-15-27(35(17-25)31(41)43-19-21-7-3-1-4-8-21)29(39)33-23-11-13-24(14-12-23)34-30(40)28-16-26(38)18-36(28)32(42)44-20-22-9-5-2-6-10-22/h1-14,25-28,37-38H,15-20H2,(H,33,39)(H,34,40)/t25-,26-,27+,28+/m1/s1. The van der Waals surface area contributed by atoms with E-state index >= 15 is 0 Å². The first kappa shape index (κ1) is 30.5. The summed E-state index contributed by atoms with van der Waals surface area (Å²) in [5, 5.41) is 25.8. The van der Waals surface area contributed by atoms with Crippen LogP contribution >= 0.6 is 0 Å². The number of rotatable bonds is 8. The smallest absolute Gasteiger partial charge is 0.410 e. The Labute approximate surface area is 254 Å². The summed E-state index contributed by atoms with van der Waals surface area (Å²) < 4.78 is 10.7. The van der Waals surface area contributed by atoms with E-state index in [0.717, 1.165) is 11.1 Å². The number of carbonyl (C=O) groups excluding carboxylic acids is 4. The van der Waals surface area contributed by atoms with Crippen LogP contribution in [-0.2, 0) is 32.3 Å². The van der Waals surface area contributed by atoms with Crippen molar-refractivity contribution in [2.45, 2.75) is 50.3 Å². The molecule has 0 aromatic heterocycles. The fraction of sp³-hybridized carbons (Fsp3) is 0.312. The maximum absolute atomic E-state index is 13.0. The number of nitrogens with zero attached hydrogens (tertiary/aromatic N) is 2. The highest BCUT2D eigenvalue weighted by atomic mass is 16.6. The molecule has 12 nitrogen and oxygen atoms in total. The molecule has 2 saturated heterocycles. The van der Waals surface area contributed by atoms with Gasteiger partial charge >= 0.3 is 12.2 Å². The molecule has 3 aromatic carbocycles. The van der Waals surface area contributed by atoms with Crippen molar-refractivity contribution in [2.24, 2.45) is 0 Å². The van der Waals surface area contributed by atoms with Crippen molar-refractivity contribution in [3.63, 3.8) is 0 Å². The number of ether oxygens (including phenoxy) is 2. The maximum atomic E-state index is 13.0. The first-order chi connectivity index (χ1) is 21.3. The number of anilines is 2. The van der Waals surface area contributed by atoms with E-state index in [-0.39, 0.29) is 39.1 Å². The minimum absolute atomic E-state index is 0.0244. The molecule has 4 amide bonds. The topological polar surface area (TPSA) is 158 Å². The Morgan fingerprint density at radius 1 is 0.614 bits per heavy atom. The fourth-order valence-electron chi connectivity index (χ4n) is 5.22. The quantitative estimate of drug-likeness (QED) is 0.306. The van der Waals surface area contributed by atoms with Crippen molar-refractivity contribution in [3.8, 4) is 0 Å². The molecule has 2 fully saturated rings. The molecule has 0 spiro atoms. The molecule has 0 radical (unpaired) electrons. The van der Waals surface area contributed by atoms with Crippen molar-refractivity contribution in [3.05, 3.63) is 96.1 Å². The number of benzene rings is 3. The van der Waals surface area contributed by atoms with E-state index in [1.807, 2.05) is 60.7 Å². The number of aliphatic hydroxyl groups excluding tert-OH is 2. The first-order valence-corrected chi connectivity index (χ1v) is 14.3. The van der Waals surface area contributed by atoms with Gasteiger partial charge in [-0.2, -0.15) is 0 Å². The van der Waals surface area contributed by atoms with Gasteiger partial charge < -0.3 is 30.3 Å². The van der Waals surface area contributed by atoms with E-state index in [1.165, 1.54) is 9.80 Å². The van der Waals surface area contributed by atoms with Gasteiger partial charge in [0.05, 0.1) is 25.3 Å². The van der Waals surface area contributed by atoms with Gasteiger partial charge in [0, 0.05) is 24.2 Å². The zero-order chi connectivity index (χ0) is 31.1. The maximum Gasteiger partial charge on any atom is 0.410 e. The molecule has 4 atom stereocenters. The molecule has 2 heterocycles. The third-order valence-electron chi connectivity index (χ3n) is 7.46. The summed E-state index contributed by atoms with van der Waals surface area (Å²) in [5.74, 6) is -0.973. The van der Waals surface area contributed by atoms with Gasteiger partial charge in [0.1, 0.15) is 25.3 Å². The Hall–Kier alpha value is -4.94. The van der Waals surface area contributed by atoms with Crippen molar-refractivity contribution < 1.29 is 38.9 Å². The molecule has 0 saturated carbocycles. The number of hydrogen-bond acceptors (Lipinski definition) is 8. The van der Waals surface area contributed by atoms with Crippen LogP contribution in [0.5, 0.6) is 0 Å². The molecular formula is C32H34N4O8. The number of likely N-dealkylation sites (tertiary alicyclic amines) is 2. The first-order valence-electron chi connectivity index (χ1n) is 14.3. The molecule has 44 heavy (non-hydrogen) atoms. The van der Waals surface area contributed by atoms with Crippen LogP contribution in [0.25, 0.3) is 0 Å². The second-order valence-electron chi connectivity index (χ2n) is 10.8. The molecule has 4 N–H and O–H groups in total. The normalized spacial score (nSPS) is 21.0. The van der Waals surface area contributed by atoms with E-state index < -0.39 is 48.3 Å². The predicted octanol–water partition coefficient (Wildman–Crippen LogP) is 3.11. The molecule has 0 bridgehead atoms. The van der Waals surface area contributed by atoms with Gasteiger partial charge in [-0.15, -0.1) is 0 Å². The van der Waals surface area contributed by atoms with Crippen molar-refractivity contribution in [1.29, 1.82) is 0 Å². The lowest BCUT2D eigenvalue weighted by atomic mass is 10.1. The predicted molar refractivity (Wildman–Crippen MR) is 159 cm³/mol. The Kier molecular flexibility index (Phi) is 9.72. The summed E-state index contributed by atoms with van der Waals surface area (Å²) in [5.41, 5.74) is 2.42. The molecule has 2 aliphatic rings. The molecular weight excluding hydrogens is 568 g/mol. The summed E-state index contributed by atoms with van der Waals surface area (Å²) >= 11 is 0. The van der Waals surface area contributed by atoms with Gasteiger partial charge in [-0.25, -0.2) is 9.59 Å². The van der Waals surface area contributed by atoms with Crippen LogP contribution in [0.3, 0.4) is 0 Å². The molecule has 230 valence electrons. The molecule has 5 rings (SSSR count).